The van der Waals surface area contributed by atoms with Crippen molar-refractivity contribution in [3.05, 3.63) is 41.1 Å². The molecule has 0 spiro atoms. The zero-order chi connectivity index (χ0) is 13.7. The highest BCUT2D eigenvalue weighted by molar-refractivity contribution is 9.10. The molecular weight excluding hydrogens is 326 g/mol. The van der Waals surface area contributed by atoms with Gasteiger partial charge in [0.25, 0.3) is 0 Å². The van der Waals surface area contributed by atoms with Crippen LogP contribution in [-0.2, 0) is 11.3 Å². The minimum atomic E-state index is -0.0297. The summed E-state index contributed by atoms with van der Waals surface area (Å²) in [7, 11) is 0. The monoisotopic (exact) mass is 339 g/mol. The third-order valence-corrected chi connectivity index (χ3v) is 4.01. The molecule has 1 amide bonds. The summed E-state index contributed by atoms with van der Waals surface area (Å²) in [6.07, 6.45) is 3.66. The molecule has 2 aromatic rings. The number of thioether (sulfide) groups is 1. The number of aryl methyl sites for hydroxylation is 1. The van der Waals surface area contributed by atoms with Gasteiger partial charge in [0.05, 0.1) is 5.75 Å². The predicted octanol–water partition coefficient (Wildman–Crippen LogP) is 3.40. The lowest BCUT2D eigenvalue weighted by atomic mass is 10.3. The molecule has 0 aliphatic carbocycles. The van der Waals surface area contributed by atoms with Gasteiger partial charge in [-0.1, -0.05) is 27.7 Å². The second-order valence-electron chi connectivity index (χ2n) is 3.84. The first-order chi connectivity index (χ1) is 9.19. The number of carbonyl (C=O) groups excluding carboxylic acids is 1. The Morgan fingerprint density at radius 3 is 2.84 bits per heavy atom. The van der Waals surface area contributed by atoms with Crippen LogP contribution in [0.5, 0.6) is 0 Å². The number of hydrogen-bond acceptors (Lipinski definition) is 3. The molecule has 6 heteroatoms. The molecular formula is C13H14BrN3OS. The van der Waals surface area contributed by atoms with Gasteiger partial charge in [0, 0.05) is 29.1 Å². The number of hydrogen-bond donors (Lipinski definition) is 1. The smallest absolute Gasteiger partial charge is 0.234 e. The fourth-order valence-corrected chi connectivity index (χ4v) is 2.62. The Hall–Kier alpha value is -1.27. The standard InChI is InChI=1S/C13H14BrN3OS/c1-2-17-8-7-15-13(17)19-9-12(18)16-11-5-3-10(14)4-6-11/h3-8H,2,9H2,1H3,(H,16,18). The van der Waals surface area contributed by atoms with Gasteiger partial charge in [-0.05, 0) is 31.2 Å². The Morgan fingerprint density at radius 2 is 2.16 bits per heavy atom. The minimum Gasteiger partial charge on any atom is -0.326 e. The summed E-state index contributed by atoms with van der Waals surface area (Å²) in [5.74, 6) is 0.325. The summed E-state index contributed by atoms with van der Waals surface area (Å²) in [6.45, 7) is 2.91. The number of amides is 1. The van der Waals surface area contributed by atoms with Gasteiger partial charge in [-0.15, -0.1) is 0 Å². The van der Waals surface area contributed by atoms with Crippen molar-refractivity contribution in [1.82, 2.24) is 9.55 Å². The van der Waals surface area contributed by atoms with E-state index in [1.165, 1.54) is 11.8 Å². The van der Waals surface area contributed by atoms with Crippen molar-refractivity contribution in [3.63, 3.8) is 0 Å². The molecule has 0 bridgehead atoms. The van der Waals surface area contributed by atoms with Gasteiger partial charge >= 0.3 is 0 Å². The molecule has 1 N–H and O–H groups in total. The average molecular weight is 340 g/mol. The number of nitrogens with one attached hydrogen (secondary N) is 1. The maximum atomic E-state index is 11.8. The Morgan fingerprint density at radius 1 is 1.42 bits per heavy atom. The number of aromatic nitrogens is 2. The summed E-state index contributed by atoms with van der Waals surface area (Å²) >= 11 is 4.80. The topological polar surface area (TPSA) is 46.9 Å². The van der Waals surface area contributed by atoms with Crippen LogP contribution >= 0.6 is 27.7 Å². The molecule has 2 rings (SSSR count). The Kier molecular flexibility index (Phi) is 5.04. The summed E-state index contributed by atoms with van der Waals surface area (Å²) in [5.41, 5.74) is 0.799. The first kappa shape index (κ1) is 14.1. The number of halogens is 1. The van der Waals surface area contributed by atoms with Gasteiger partial charge < -0.3 is 9.88 Å². The highest BCUT2D eigenvalue weighted by Crippen LogP contribution is 2.17. The molecule has 0 fully saturated rings. The highest BCUT2D eigenvalue weighted by atomic mass is 79.9. The summed E-state index contributed by atoms with van der Waals surface area (Å²) in [4.78, 5) is 16.0. The summed E-state index contributed by atoms with van der Waals surface area (Å²) in [5, 5.41) is 3.72. The van der Waals surface area contributed by atoms with Gasteiger partial charge in [-0.25, -0.2) is 4.98 Å². The molecule has 0 saturated carbocycles. The molecule has 0 aliphatic heterocycles. The first-order valence-electron chi connectivity index (χ1n) is 5.88. The van der Waals surface area contributed by atoms with E-state index in [2.05, 4.69) is 26.2 Å². The fourth-order valence-electron chi connectivity index (χ4n) is 1.54. The molecule has 0 radical (unpaired) electrons. The Balaban J connectivity index is 1.86. The number of anilines is 1. The summed E-state index contributed by atoms with van der Waals surface area (Å²) < 4.78 is 3.00. The lowest BCUT2D eigenvalue weighted by molar-refractivity contribution is -0.113. The van der Waals surface area contributed by atoms with Gasteiger partial charge in [0.2, 0.25) is 5.91 Å². The molecule has 0 atom stereocenters. The van der Waals surface area contributed by atoms with E-state index in [0.717, 1.165) is 21.9 Å². The zero-order valence-electron chi connectivity index (χ0n) is 10.5. The fraction of sp³-hybridized carbons (Fsp3) is 0.231. The Bertz CT molecular complexity index is 553. The lowest BCUT2D eigenvalue weighted by Gasteiger charge is -2.06. The maximum absolute atomic E-state index is 11.8. The van der Waals surface area contributed by atoms with Gasteiger partial charge in [-0.3, -0.25) is 4.79 Å². The number of nitrogens with zero attached hydrogens (tertiary/aromatic N) is 2. The third kappa shape index (κ3) is 4.11. The molecule has 1 heterocycles. The van der Waals surface area contributed by atoms with E-state index >= 15 is 0 Å². The van der Waals surface area contributed by atoms with Gasteiger partial charge in [0.1, 0.15) is 0 Å². The van der Waals surface area contributed by atoms with E-state index in [-0.39, 0.29) is 5.91 Å². The van der Waals surface area contributed by atoms with Gasteiger partial charge in [-0.2, -0.15) is 0 Å². The van der Waals surface area contributed by atoms with Crippen molar-refractivity contribution >= 4 is 39.3 Å². The normalized spacial score (nSPS) is 10.4. The molecule has 0 aliphatic rings. The van der Waals surface area contributed by atoms with Crippen molar-refractivity contribution in [2.75, 3.05) is 11.1 Å². The maximum Gasteiger partial charge on any atom is 0.234 e. The van der Waals surface area contributed by atoms with Crippen LogP contribution in [0.25, 0.3) is 0 Å². The van der Waals surface area contributed by atoms with Crippen LogP contribution in [0.1, 0.15) is 6.92 Å². The zero-order valence-corrected chi connectivity index (χ0v) is 12.9. The molecule has 19 heavy (non-hydrogen) atoms. The van der Waals surface area contributed by atoms with Crippen molar-refractivity contribution in [2.45, 2.75) is 18.6 Å². The highest BCUT2D eigenvalue weighted by Gasteiger charge is 2.07. The largest absolute Gasteiger partial charge is 0.326 e. The van der Waals surface area contributed by atoms with Crippen LogP contribution in [0, 0.1) is 0 Å². The lowest BCUT2D eigenvalue weighted by Crippen LogP contribution is -2.14. The number of carbonyl (C=O) groups is 1. The average Bonchev–Trinajstić information content (AvgIpc) is 2.86. The predicted molar refractivity (Wildman–Crippen MR) is 81.4 cm³/mol. The number of imidazole rings is 1. The SMILES string of the molecule is CCn1ccnc1SCC(=O)Nc1ccc(Br)cc1. The molecule has 1 aromatic carbocycles. The molecule has 100 valence electrons. The van der Waals surface area contributed by atoms with E-state index in [0.29, 0.717) is 5.75 Å². The quantitative estimate of drug-likeness (QED) is 0.849. The molecule has 1 aromatic heterocycles. The second kappa shape index (κ2) is 6.77. The second-order valence-corrected chi connectivity index (χ2v) is 5.70. The van der Waals surface area contributed by atoms with Crippen LogP contribution in [-0.4, -0.2) is 21.2 Å². The molecule has 4 nitrogen and oxygen atoms in total. The van der Waals surface area contributed by atoms with Crippen LogP contribution in [0.15, 0.2) is 46.3 Å². The van der Waals surface area contributed by atoms with Crippen molar-refractivity contribution in [3.8, 4) is 0 Å². The van der Waals surface area contributed by atoms with Crippen LogP contribution in [0.2, 0.25) is 0 Å². The van der Waals surface area contributed by atoms with Crippen molar-refractivity contribution in [2.24, 2.45) is 0 Å². The molecule has 0 saturated heterocycles. The van der Waals surface area contributed by atoms with E-state index in [1.54, 1.807) is 6.20 Å². The Labute approximate surface area is 124 Å². The van der Waals surface area contributed by atoms with E-state index in [1.807, 2.05) is 42.0 Å². The van der Waals surface area contributed by atoms with Crippen LogP contribution < -0.4 is 5.32 Å². The van der Waals surface area contributed by atoms with Gasteiger partial charge in [0.15, 0.2) is 5.16 Å². The number of rotatable bonds is 5. The minimum absolute atomic E-state index is 0.0297. The summed E-state index contributed by atoms with van der Waals surface area (Å²) in [6, 6.07) is 7.51. The molecule has 0 unspecified atom stereocenters. The van der Waals surface area contributed by atoms with Crippen LogP contribution in [0.3, 0.4) is 0 Å². The van der Waals surface area contributed by atoms with Crippen molar-refractivity contribution in [1.29, 1.82) is 0 Å². The number of benzene rings is 1. The van der Waals surface area contributed by atoms with Crippen molar-refractivity contribution < 1.29 is 4.79 Å². The van der Waals surface area contributed by atoms with E-state index < -0.39 is 0 Å². The third-order valence-electron chi connectivity index (χ3n) is 2.48. The van der Waals surface area contributed by atoms with Crippen LogP contribution in [0.4, 0.5) is 5.69 Å². The van der Waals surface area contributed by atoms with E-state index in [9.17, 15) is 4.79 Å². The first-order valence-corrected chi connectivity index (χ1v) is 7.66. The van der Waals surface area contributed by atoms with E-state index in [4.69, 9.17) is 0 Å².